The maximum Gasteiger partial charge on any atom is 0.273 e. The van der Waals surface area contributed by atoms with Crippen molar-refractivity contribution < 1.29 is 19.1 Å². The molecule has 0 spiro atoms. The second-order valence-corrected chi connectivity index (χ2v) is 6.46. The highest BCUT2D eigenvalue weighted by atomic mass is 16.5. The molecule has 2 aromatic rings. The van der Waals surface area contributed by atoms with Crippen LogP contribution in [0.4, 0.5) is 0 Å². The van der Waals surface area contributed by atoms with Gasteiger partial charge in [0, 0.05) is 19.4 Å². The van der Waals surface area contributed by atoms with Crippen molar-refractivity contribution in [2.75, 3.05) is 6.61 Å². The molecule has 7 nitrogen and oxygen atoms in total. The first kappa shape index (κ1) is 21.9. The molecule has 7 heteroatoms. The predicted molar refractivity (Wildman–Crippen MR) is 110 cm³/mol. The Morgan fingerprint density at radius 1 is 0.862 bits per heavy atom. The first-order chi connectivity index (χ1) is 14.1. The van der Waals surface area contributed by atoms with E-state index in [0.29, 0.717) is 24.5 Å². The molecule has 29 heavy (non-hydrogen) atoms. The van der Waals surface area contributed by atoms with E-state index in [1.54, 1.807) is 24.3 Å². The average molecular weight is 397 g/mol. The van der Waals surface area contributed by atoms with Crippen LogP contribution < -0.4 is 20.9 Å². The number of unbranched alkanes of at least 4 members (excludes halogenated alkanes) is 1. The lowest BCUT2D eigenvalue weighted by Gasteiger charge is -2.12. The number of nitrogens with one attached hydrogen (secondary N) is 3. The van der Waals surface area contributed by atoms with Crippen LogP contribution in [0, 0.1) is 0 Å². The Bertz CT molecular complexity index is 809. The number of carbonyl (C=O) groups excluding carboxylic acids is 3. The standard InChI is InChI=1S/C22H27N3O4/c1-2-3-15-29-19-12-8-7-11-18(19)22(28)25-24-21(27)14-13-20(26)23-16-17-9-5-4-6-10-17/h4-12H,2-3,13-16H2,1H3,(H,23,26)(H,24,27)(H,25,28). The number of hydrazine groups is 1. The number of para-hydroxylation sites is 1. The van der Waals surface area contributed by atoms with Gasteiger partial charge in [0.15, 0.2) is 0 Å². The van der Waals surface area contributed by atoms with Crippen molar-refractivity contribution in [3.05, 3.63) is 65.7 Å². The van der Waals surface area contributed by atoms with Crippen molar-refractivity contribution >= 4 is 17.7 Å². The molecule has 2 aromatic carbocycles. The zero-order valence-electron chi connectivity index (χ0n) is 16.6. The van der Waals surface area contributed by atoms with Crippen molar-refractivity contribution in [1.29, 1.82) is 0 Å². The lowest BCUT2D eigenvalue weighted by molar-refractivity contribution is -0.126. The fourth-order valence-electron chi connectivity index (χ4n) is 2.47. The molecule has 0 atom stereocenters. The second kappa shape index (κ2) is 12.2. The molecule has 3 amide bonds. The third-order valence-electron chi connectivity index (χ3n) is 4.11. The summed E-state index contributed by atoms with van der Waals surface area (Å²) in [6.07, 6.45) is 1.88. The zero-order chi connectivity index (χ0) is 20.9. The highest BCUT2D eigenvalue weighted by molar-refractivity contribution is 5.98. The Hall–Kier alpha value is -3.35. The number of benzene rings is 2. The van der Waals surface area contributed by atoms with Crippen LogP contribution >= 0.6 is 0 Å². The molecule has 0 fully saturated rings. The van der Waals surface area contributed by atoms with Gasteiger partial charge >= 0.3 is 0 Å². The molecule has 0 aromatic heterocycles. The normalized spacial score (nSPS) is 10.1. The smallest absolute Gasteiger partial charge is 0.273 e. The van der Waals surface area contributed by atoms with Crippen LogP contribution in [0.5, 0.6) is 5.75 Å². The number of amides is 3. The molecule has 0 aliphatic heterocycles. The van der Waals surface area contributed by atoms with Crippen LogP contribution in [0.3, 0.4) is 0 Å². The first-order valence-electron chi connectivity index (χ1n) is 9.71. The van der Waals surface area contributed by atoms with E-state index in [1.807, 2.05) is 30.3 Å². The predicted octanol–water partition coefficient (Wildman–Crippen LogP) is 2.72. The third kappa shape index (κ3) is 8.04. The lowest BCUT2D eigenvalue weighted by atomic mass is 10.2. The molecule has 2 rings (SSSR count). The van der Waals surface area contributed by atoms with Crippen LogP contribution in [0.25, 0.3) is 0 Å². The maximum atomic E-state index is 12.3. The number of rotatable bonds is 10. The van der Waals surface area contributed by atoms with Crippen LogP contribution in [0.2, 0.25) is 0 Å². The highest BCUT2D eigenvalue weighted by Crippen LogP contribution is 2.18. The van der Waals surface area contributed by atoms with Gasteiger partial charge in [0.2, 0.25) is 11.8 Å². The van der Waals surface area contributed by atoms with Gasteiger partial charge in [-0.05, 0) is 24.1 Å². The first-order valence-corrected chi connectivity index (χ1v) is 9.71. The van der Waals surface area contributed by atoms with E-state index in [9.17, 15) is 14.4 Å². The Morgan fingerprint density at radius 2 is 1.55 bits per heavy atom. The molecule has 0 aliphatic carbocycles. The molecular weight excluding hydrogens is 370 g/mol. The molecule has 0 saturated carbocycles. The maximum absolute atomic E-state index is 12.3. The molecule has 0 radical (unpaired) electrons. The molecule has 0 aliphatic rings. The van der Waals surface area contributed by atoms with Crippen LogP contribution in [0.1, 0.15) is 48.5 Å². The summed E-state index contributed by atoms with van der Waals surface area (Å²) in [5.74, 6) is -0.686. The van der Waals surface area contributed by atoms with E-state index in [4.69, 9.17) is 4.74 Å². The minimum Gasteiger partial charge on any atom is -0.493 e. The number of hydrogen-bond donors (Lipinski definition) is 3. The van der Waals surface area contributed by atoms with Crippen LogP contribution in [-0.2, 0) is 16.1 Å². The summed E-state index contributed by atoms with van der Waals surface area (Å²) >= 11 is 0. The van der Waals surface area contributed by atoms with E-state index < -0.39 is 11.8 Å². The monoisotopic (exact) mass is 397 g/mol. The summed E-state index contributed by atoms with van der Waals surface area (Å²) in [5, 5.41) is 2.75. The van der Waals surface area contributed by atoms with Gasteiger partial charge in [0.05, 0.1) is 12.2 Å². The van der Waals surface area contributed by atoms with Gasteiger partial charge in [0.1, 0.15) is 5.75 Å². The summed E-state index contributed by atoms with van der Waals surface area (Å²) in [6, 6.07) is 16.3. The quantitative estimate of drug-likeness (QED) is 0.424. The largest absolute Gasteiger partial charge is 0.493 e. The molecule has 0 bridgehead atoms. The lowest BCUT2D eigenvalue weighted by Crippen LogP contribution is -2.42. The van der Waals surface area contributed by atoms with Gasteiger partial charge in [-0.15, -0.1) is 0 Å². The minimum absolute atomic E-state index is 0.0322. The summed E-state index contributed by atoms with van der Waals surface area (Å²) in [5.41, 5.74) is 6.01. The molecular formula is C22H27N3O4. The van der Waals surface area contributed by atoms with Gasteiger partial charge < -0.3 is 10.1 Å². The van der Waals surface area contributed by atoms with E-state index in [2.05, 4.69) is 23.1 Å². The highest BCUT2D eigenvalue weighted by Gasteiger charge is 2.13. The molecule has 0 unspecified atom stereocenters. The van der Waals surface area contributed by atoms with E-state index in [1.165, 1.54) is 0 Å². The van der Waals surface area contributed by atoms with E-state index >= 15 is 0 Å². The van der Waals surface area contributed by atoms with Gasteiger partial charge in [-0.3, -0.25) is 25.2 Å². The third-order valence-corrected chi connectivity index (χ3v) is 4.11. The van der Waals surface area contributed by atoms with Crippen molar-refractivity contribution in [3.63, 3.8) is 0 Å². The molecule has 3 N–H and O–H groups in total. The van der Waals surface area contributed by atoms with Crippen molar-refractivity contribution in [1.82, 2.24) is 16.2 Å². The number of hydrogen-bond acceptors (Lipinski definition) is 4. The Morgan fingerprint density at radius 3 is 2.31 bits per heavy atom. The molecule has 0 saturated heterocycles. The summed E-state index contributed by atoms with van der Waals surface area (Å²) in [6.45, 7) is 2.98. The molecule has 154 valence electrons. The fraction of sp³-hybridized carbons (Fsp3) is 0.318. The SMILES string of the molecule is CCCCOc1ccccc1C(=O)NNC(=O)CCC(=O)NCc1ccccc1. The van der Waals surface area contributed by atoms with Gasteiger partial charge in [-0.2, -0.15) is 0 Å². The summed E-state index contributed by atoms with van der Waals surface area (Å²) in [7, 11) is 0. The van der Waals surface area contributed by atoms with Crippen molar-refractivity contribution in [2.24, 2.45) is 0 Å². The number of ether oxygens (including phenoxy) is 1. The van der Waals surface area contributed by atoms with E-state index in [0.717, 1.165) is 18.4 Å². The summed E-state index contributed by atoms with van der Waals surface area (Å²) < 4.78 is 5.62. The van der Waals surface area contributed by atoms with E-state index in [-0.39, 0.29) is 18.7 Å². The average Bonchev–Trinajstić information content (AvgIpc) is 2.75. The van der Waals surface area contributed by atoms with Gasteiger partial charge in [-0.1, -0.05) is 55.8 Å². The number of carbonyl (C=O) groups is 3. The van der Waals surface area contributed by atoms with Crippen molar-refractivity contribution in [3.8, 4) is 5.75 Å². The second-order valence-electron chi connectivity index (χ2n) is 6.46. The zero-order valence-corrected chi connectivity index (χ0v) is 16.6. The summed E-state index contributed by atoms with van der Waals surface area (Å²) in [4.78, 5) is 36.1. The topological polar surface area (TPSA) is 96.5 Å². The minimum atomic E-state index is -0.473. The van der Waals surface area contributed by atoms with Crippen LogP contribution in [0.15, 0.2) is 54.6 Å². The van der Waals surface area contributed by atoms with Crippen molar-refractivity contribution in [2.45, 2.75) is 39.2 Å². The van der Waals surface area contributed by atoms with Gasteiger partial charge in [-0.25, -0.2) is 0 Å². The Kier molecular flexibility index (Phi) is 9.21. The Labute approximate surface area is 170 Å². The van der Waals surface area contributed by atoms with Gasteiger partial charge in [0.25, 0.3) is 5.91 Å². The Balaban J connectivity index is 1.72. The van der Waals surface area contributed by atoms with Crippen LogP contribution in [-0.4, -0.2) is 24.3 Å². The fourth-order valence-corrected chi connectivity index (χ4v) is 2.47. The molecule has 0 heterocycles.